The van der Waals surface area contributed by atoms with E-state index in [4.69, 9.17) is 0 Å². The fourth-order valence-electron chi connectivity index (χ4n) is 1.28. The van der Waals surface area contributed by atoms with Crippen molar-refractivity contribution in [1.29, 1.82) is 0 Å². The van der Waals surface area contributed by atoms with Crippen LogP contribution in [-0.4, -0.2) is 0 Å². The van der Waals surface area contributed by atoms with E-state index < -0.39 is 0 Å². The van der Waals surface area contributed by atoms with Crippen LogP contribution in [0.5, 0.6) is 0 Å². The second kappa shape index (κ2) is 7.85. The van der Waals surface area contributed by atoms with E-state index in [1.54, 1.807) is 5.57 Å². The smallest absolute Gasteiger partial charge is 0.0260 e. The van der Waals surface area contributed by atoms with Gasteiger partial charge in [0.2, 0.25) is 0 Å². The van der Waals surface area contributed by atoms with Crippen LogP contribution in [0.25, 0.3) is 0 Å². The third-order valence-electron chi connectivity index (χ3n) is 2.16. The van der Waals surface area contributed by atoms with Crippen LogP contribution < -0.4 is 0 Å². The molecule has 0 heterocycles. The average molecular weight is 178 g/mol. The molecule has 0 aliphatic rings. The molecule has 0 fully saturated rings. The summed E-state index contributed by atoms with van der Waals surface area (Å²) < 4.78 is 0. The number of unbranched alkanes of at least 4 members (excludes halogenated alkanes) is 1. The minimum atomic E-state index is 0.671. The van der Waals surface area contributed by atoms with E-state index in [2.05, 4.69) is 33.1 Å². The first-order valence-corrected chi connectivity index (χ1v) is 5.13. The van der Waals surface area contributed by atoms with Crippen molar-refractivity contribution < 1.29 is 0 Å². The second-order valence-electron chi connectivity index (χ2n) is 3.63. The van der Waals surface area contributed by atoms with Crippen molar-refractivity contribution in [2.24, 2.45) is 5.92 Å². The van der Waals surface area contributed by atoms with E-state index in [1.807, 2.05) is 12.2 Å². The Hall–Kier alpha value is -0.780. The van der Waals surface area contributed by atoms with Gasteiger partial charge in [0.1, 0.15) is 0 Å². The molecular weight excluding hydrogens is 156 g/mol. The standard InChI is InChI=1S/C13H22/c1-5-7-9-11-13(12(3)4)10-8-6-2/h5-6,11-12H,1-2,7-10H2,3-4H3. The molecule has 0 nitrogen and oxygen atoms in total. The van der Waals surface area contributed by atoms with Crippen molar-refractivity contribution in [2.45, 2.75) is 39.5 Å². The SMILES string of the molecule is C=CCCC=C(CCC=C)C(C)C. The van der Waals surface area contributed by atoms with E-state index in [0.29, 0.717) is 5.92 Å². The number of allylic oxidation sites excluding steroid dienone is 4. The van der Waals surface area contributed by atoms with Gasteiger partial charge in [-0.25, -0.2) is 0 Å². The third kappa shape index (κ3) is 6.39. The summed E-state index contributed by atoms with van der Waals surface area (Å²) in [6.45, 7) is 12.0. The van der Waals surface area contributed by atoms with Crippen LogP contribution in [-0.2, 0) is 0 Å². The summed E-state index contributed by atoms with van der Waals surface area (Å²) in [6.07, 6.45) is 10.8. The van der Waals surface area contributed by atoms with Crippen molar-refractivity contribution in [1.82, 2.24) is 0 Å². The largest absolute Gasteiger partial charge is 0.103 e. The Labute approximate surface area is 83.0 Å². The summed E-state index contributed by atoms with van der Waals surface area (Å²) in [5.74, 6) is 0.671. The highest BCUT2D eigenvalue weighted by Crippen LogP contribution is 2.17. The van der Waals surface area contributed by atoms with Crippen molar-refractivity contribution in [3.63, 3.8) is 0 Å². The second-order valence-corrected chi connectivity index (χ2v) is 3.63. The van der Waals surface area contributed by atoms with Crippen molar-refractivity contribution in [2.75, 3.05) is 0 Å². The van der Waals surface area contributed by atoms with E-state index in [0.717, 1.165) is 25.7 Å². The first kappa shape index (κ1) is 12.2. The van der Waals surface area contributed by atoms with Gasteiger partial charge in [0.15, 0.2) is 0 Å². The van der Waals surface area contributed by atoms with Gasteiger partial charge in [-0.15, -0.1) is 13.2 Å². The van der Waals surface area contributed by atoms with Gasteiger partial charge in [-0.3, -0.25) is 0 Å². The van der Waals surface area contributed by atoms with E-state index in [-0.39, 0.29) is 0 Å². The van der Waals surface area contributed by atoms with E-state index in [1.165, 1.54) is 0 Å². The lowest BCUT2D eigenvalue weighted by molar-refractivity contribution is 0.707. The lowest BCUT2D eigenvalue weighted by atomic mass is 9.97. The van der Waals surface area contributed by atoms with Crippen molar-refractivity contribution >= 4 is 0 Å². The first-order chi connectivity index (χ1) is 6.22. The summed E-state index contributed by atoms with van der Waals surface area (Å²) in [4.78, 5) is 0. The molecule has 0 N–H and O–H groups in total. The van der Waals surface area contributed by atoms with Crippen LogP contribution in [0.3, 0.4) is 0 Å². The normalized spacial score (nSPS) is 11.8. The molecule has 0 heteroatoms. The van der Waals surface area contributed by atoms with Gasteiger partial charge in [0.25, 0.3) is 0 Å². The molecular formula is C13H22. The van der Waals surface area contributed by atoms with Gasteiger partial charge in [0, 0.05) is 0 Å². The summed E-state index contributed by atoms with van der Waals surface area (Å²) in [6, 6.07) is 0. The van der Waals surface area contributed by atoms with Gasteiger partial charge in [0.05, 0.1) is 0 Å². The number of rotatable bonds is 7. The fourth-order valence-corrected chi connectivity index (χ4v) is 1.28. The molecule has 74 valence electrons. The fraction of sp³-hybridized carbons (Fsp3) is 0.538. The Morgan fingerprint density at radius 2 is 1.69 bits per heavy atom. The Morgan fingerprint density at radius 3 is 2.15 bits per heavy atom. The van der Waals surface area contributed by atoms with Gasteiger partial charge >= 0.3 is 0 Å². The summed E-state index contributed by atoms with van der Waals surface area (Å²) in [5.41, 5.74) is 1.56. The predicted molar refractivity (Wildman–Crippen MR) is 61.8 cm³/mol. The summed E-state index contributed by atoms with van der Waals surface area (Å²) in [5, 5.41) is 0. The molecule has 13 heavy (non-hydrogen) atoms. The Morgan fingerprint density at radius 1 is 1.08 bits per heavy atom. The number of hydrogen-bond donors (Lipinski definition) is 0. The monoisotopic (exact) mass is 178 g/mol. The molecule has 0 radical (unpaired) electrons. The molecule has 0 saturated carbocycles. The van der Waals surface area contributed by atoms with Gasteiger partial charge in [-0.1, -0.05) is 37.6 Å². The van der Waals surface area contributed by atoms with Crippen LogP contribution >= 0.6 is 0 Å². The van der Waals surface area contributed by atoms with Crippen molar-refractivity contribution in [3.05, 3.63) is 37.0 Å². The topological polar surface area (TPSA) is 0 Å². The molecule has 0 aromatic rings. The van der Waals surface area contributed by atoms with Crippen molar-refractivity contribution in [3.8, 4) is 0 Å². The zero-order valence-corrected chi connectivity index (χ0v) is 9.05. The molecule has 0 aromatic heterocycles. The Bertz CT molecular complexity index is 172. The van der Waals surface area contributed by atoms with Gasteiger partial charge in [-0.2, -0.15) is 0 Å². The van der Waals surface area contributed by atoms with Crippen LogP contribution in [0.1, 0.15) is 39.5 Å². The average Bonchev–Trinajstić information content (AvgIpc) is 2.10. The zero-order chi connectivity index (χ0) is 10.1. The highest BCUT2D eigenvalue weighted by atomic mass is 14.1. The van der Waals surface area contributed by atoms with Crippen LogP contribution in [0.2, 0.25) is 0 Å². The Kier molecular flexibility index (Phi) is 7.38. The molecule has 0 aliphatic heterocycles. The Balaban J connectivity index is 3.97. The maximum absolute atomic E-state index is 3.75. The van der Waals surface area contributed by atoms with Crippen LogP contribution in [0, 0.1) is 5.92 Å². The molecule has 0 aliphatic carbocycles. The molecule has 0 rings (SSSR count). The van der Waals surface area contributed by atoms with Gasteiger partial charge < -0.3 is 0 Å². The summed E-state index contributed by atoms with van der Waals surface area (Å²) >= 11 is 0. The minimum Gasteiger partial charge on any atom is -0.103 e. The van der Waals surface area contributed by atoms with E-state index >= 15 is 0 Å². The van der Waals surface area contributed by atoms with Crippen LogP contribution in [0.15, 0.2) is 37.0 Å². The number of hydrogen-bond acceptors (Lipinski definition) is 0. The summed E-state index contributed by atoms with van der Waals surface area (Å²) in [7, 11) is 0. The lowest BCUT2D eigenvalue weighted by Crippen LogP contribution is -1.93. The van der Waals surface area contributed by atoms with Crippen LogP contribution in [0.4, 0.5) is 0 Å². The molecule has 0 bridgehead atoms. The van der Waals surface area contributed by atoms with Gasteiger partial charge in [-0.05, 0) is 31.6 Å². The quantitative estimate of drug-likeness (QED) is 0.397. The maximum Gasteiger partial charge on any atom is -0.0260 e. The molecule has 0 aromatic carbocycles. The molecule has 0 atom stereocenters. The lowest BCUT2D eigenvalue weighted by Gasteiger charge is -2.09. The first-order valence-electron chi connectivity index (χ1n) is 5.13. The minimum absolute atomic E-state index is 0.671. The highest BCUT2D eigenvalue weighted by molar-refractivity contribution is 5.06. The molecule has 0 unspecified atom stereocenters. The zero-order valence-electron chi connectivity index (χ0n) is 9.05. The highest BCUT2D eigenvalue weighted by Gasteiger charge is 2.00. The third-order valence-corrected chi connectivity index (χ3v) is 2.16. The van der Waals surface area contributed by atoms with E-state index in [9.17, 15) is 0 Å². The predicted octanol–water partition coefficient (Wildman–Crippen LogP) is 4.50. The molecule has 0 saturated heterocycles. The maximum atomic E-state index is 3.75. The molecule has 0 amide bonds. The molecule has 0 spiro atoms.